The van der Waals surface area contributed by atoms with E-state index in [1.165, 1.54) is 18.3 Å². The second-order valence-electron chi connectivity index (χ2n) is 4.37. The Kier molecular flexibility index (Phi) is 3.84. The van der Waals surface area contributed by atoms with E-state index in [2.05, 4.69) is 10.5 Å². The lowest BCUT2D eigenvalue weighted by Crippen LogP contribution is -2.24. The lowest BCUT2D eigenvalue weighted by Gasteiger charge is -2.09. The highest BCUT2D eigenvalue weighted by Gasteiger charge is 2.09. The molecule has 0 aliphatic rings. The zero-order chi connectivity index (χ0) is 14.7. The number of urea groups is 1. The number of hydrogen-bond donors (Lipinski definition) is 2. The molecule has 2 rings (SSSR count). The molecule has 0 saturated carbocycles. The molecular formula is C14H15FN4O. The van der Waals surface area contributed by atoms with Gasteiger partial charge in [0.1, 0.15) is 5.82 Å². The standard InChI is InChI=1S/C14H15FN4O/c1-9-7-11(8-17-18-14(16)20)10(2)19(9)13-5-3-12(15)4-6-13/h3-8H,1-2H3,(H3,16,18,20)/b17-8+. The number of carbonyl (C=O) groups is 1. The first-order chi connectivity index (χ1) is 9.49. The van der Waals surface area contributed by atoms with E-state index in [0.717, 1.165) is 22.6 Å². The molecule has 104 valence electrons. The number of primary amides is 1. The van der Waals surface area contributed by atoms with Gasteiger partial charge in [-0.2, -0.15) is 5.10 Å². The minimum Gasteiger partial charge on any atom is -0.350 e. The fraction of sp³-hybridized carbons (Fsp3) is 0.143. The van der Waals surface area contributed by atoms with Gasteiger partial charge in [-0.1, -0.05) is 0 Å². The summed E-state index contributed by atoms with van der Waals surface area (Å²) in [4.78, 5) is 10.6. The number of aryl methyl sites for hydroxylation is 1. The van der Waals surface area contributed by atoms with E-state index in [4.69, 9.17) is 5.73 Å². The molecule has 0 bridgehead atoms. The Balaban J connectivity index is 2.36. The number of rotatable bonds is 3. The van der Waals surface area contributed by atoms with Crippen molar-refractivity contribution in [1.29, 1.82) is 0 Å². The average Bonchev–Trinajstić information content (AvgIpc) is 2.66. The van der Waals surface area contributed by atoms with Gasteiger partial charge in [0, 0.05) is 22.6 Å². The molecule has 0 unspecified atom stereocenters. The Bertz CT molecular complexity index is 659. The van der Waals surface area contributed by atoms with E-state index in [1.54, 1.807) is 12.1 Å². The number of benzene rings is 1. The summed E-state index contributed by atoms with van der Waals surface area (Å²) in [7, 11) is 0. The summed E-state index contributed by atoms with van der Waals surface area (Å²) in [5, 5.41) is 3.74. The van der Waals surface area contributed by atoms with Crippen LogP contribution in [0.1, 0.15) is 17.0 Å². The molecule has 0 aliphatic heterocycles. The van der Waals surface area contributed by atoms with Gasteiger partial charge in [-0.3, -0.25) is 0 Å². The maximum atomic E-state index is 13.0. The Morgan fingerprint density at radius 1 is 1.35 bits per heavy atom. The monoisotopic (exact) mass is 274 g/mol. The van der Waals surface area contributed by atoms with Crippen LogP contribution in [0.3, 0.4) is 0 Å². The lowest BCUT2D eigenvalue weighted by molar-refractivity contribution is 0.249. The van der Waals surface area contributed by atoms with Crippen LogP contribution in [0.2, 0.25) is 0 Å². The number of nitrogens with one attached hydrogen (secondary N) is 1. The molecule has 5 nitrogen and oxygen atoms in total. The number of carbonyl (C=O) groups excluding carboxylic acids is 1. The van der Waals surface area contributed by atoms with Gasteiger partial charge < -0.3 is 10.3 Å². The molecule has 1 aromatic heterocycles. The second-order valence-corrected chi connectivity index (χ2v) is 4.37. The number of aromatic nitrogens is 1. The van der Waals surface area contributed by atoms with Crippen molar-refractivity contribution in [3.8, 4) is 5.69 Å². The quantitative estimate of drug-likeness (QED) is 0.654. The summed E-state index contributed by atoms with van der Waals surface area (Å²) in [6.07, 6.45) is 1.52. The maximum absolute atomic E-state index is 13.0. The maximum Gasteiger partial charge on any atom is 0.332 e. The molecule has 1 aromatic carbocycles. The molecule has 3 N–H and O–H groups in total. The number of nitrogens with two attached hydrogens (primary N) is 1. The Morgan fingerprint density at radius 2 is 2.00 bits per heavy atom. The topological polar surface area (TPSA) is 72.4 Å². The smallest absolute Gasteiger partial charge is 0.332 e. The normalized spacial score (nSPS) is 10.9. The predicted octanol–water partition coefficient (Wildman–Crippen LogP) is 2.24. The van der Waals surface area contributed by atoms with Crippen LogP contribution in [0.5, 0.6) is 0 Å². The van der Waals surface area contributed by atoms with E-state index >= 15 is 0 Å². The van der Waals surface area contributed by atoms with Crippen molar-refractivity contribution in [2.24, 2.45) is 10.8 Å². The van der Waals surface area contributed by atoms with Gasteiger partial charge in [0.25, 0.3) is 0 Å². The number of amides is 2. The average molecular weight is 274 g/mol. The summed E-state index contributed by atoms with van der Waals surface area (Å²) in [6, 6.07) is 7.45. The minimum atomic E-state index is -0.714. The molecule has 0 fully saturated rings. The third-order valence-corrected chi connectivity index (χ3v) is 2.93. The zero-order valence-electron chi connectivity index (χ0n) is 11.2. The molecule has 0 aliphatic carbocycles. The van der Waals surface area contributed by atoms with Crippen LogP contribution in [0, 0.1) is 19.7 Å². The summed E-state index contributed by atoms with van der Waals surface area (Å²) in [6.45, 7) is 3.86. The van der Waals surface area contributed by atoms with E-state index in [0.29, 0.717) is 0 Å². The van der Waals surface area contributed by atoms with Gasteiger partial charge in [-0.05, 0) is 44.2 Å². The van der Waals surface area contributed by atoms with Gasteiger partial charge in [0.15, 0.2) is 0 Å². The first kappa shape index (κ1) is 13.8. The van der Waals surface area contributed by atoms with Gasteiger partial charge in [0.05, 0.1) is 6.21 Å². The third-order valence-electron chi connectivity index (χ3n) is 2.93. The molecule has 2 aromatic rings. The zero-order valence-corrected chi connectivity index (χ0v) is 11.2. The number of hydrogen-bond acceptors (Lipinski definition) is 2. The molecule has 6 heteroatoms. The molecule has 0 atom stereocenters. The molecule has 0 radical (unpaired) electrons. The van der Waals surface area contributed by atoms with Gasteiger partial charge in [-0.25, -0.2) is 14.6 Å². The predicted molar refractivity (Wildman–Crippen MR) is 75.5 cm³/mol. The van der Waals surface area contributed by atoms with Crippen molar-refractivity contribution in [3.63, 3.8) is 0 Å². The molecule has 0 saturated heterocycles. The highest BCUT2D eigenvalue weighted by atomic mass is 19.1. The van der Waals surface area contributed by atoms with E-state index in [1.807, 2.05) is 24.5 Å². The highest BCUT2D eigenvalue weighted by Crippen LogP contribution is 2.19. The van der Waals surface area contributed by atoms with Crippen molar-refractivity contribution in [3.05, 3.63) is 53.1 Å². The van der Waals surface area contributed by atoms with Crippen LogP contribution < -0.4 is 11.2 Å². The van der Waals surface area contributed by atoms with Crippen LogP contribution in [0.4, 0.5) is 9.18 Å². The van der Waals surface area contributed by atoms with Crippen LogP contribution in [0.25, 0.3) is 5.69 Å². The van der Waals surface area contributed by atoms with Crippen molar-refractivity contribution >= 4 is 12.2 Å². The largest absolute Gasteiger partial charge is 0.350 e. The number of hydrazone groups is 1. The SMILES string of the molecule is Cc1cc(/C=N/NC(N)=O)c(C)n1-c1ccc(F)cc1. The summed E-state index contributed by atoms with van der Waals surface area (Å²) < 4.78 is 14.9. The van der Waals surface area contributed by atoms with Gasteiger partial charge in [-0.15, -0.1) is 0 Å². The molecule has 1 heterocycles. The second kappa shape index (κ2) is 5.56. The summed E-state index contributed by atoms with van der Waals surface area (Å²) in [5.41, 5.74) is 10.7. The third kappa shape index (κ3) is 2.85. The summed E-state index contributed by atoms with van der Waals surface area (Å²) >= 11 is 0. The van der Waals surface area contributed by atoms with Crippen LogP contribution in [0.15, 0.2) is 35.4 Å². The Morgan fingerprint density at radius 3 is 2.60 bits per heavy atom. The Hall–Kier alpha value is -2.63. The number of nitrogens with zero attached hydrogens (tertiary/aromatic N) is 2. The number of halogens is 1. The molecule has 20 heavy (non-hydrogen) atoms. The van der Waals surface area contributed by atoms with Crippen molar-refractivity contribution in [2.75, 3.05) is 0 Å². The van der Waals surface area contributed by atoms with E-state index < -0.39 is 6.03 Å². The first-order valence-corrected chi connectivity index (χ1v) is 6.02. The van der Waals surface area contributed by atoms with Crippen LogP contribution in [-0.2, 0) is 0 Å². The van der Waals surface area contributed by atoms with Crippen molar-refractivity contribution in [2.45, 2.75) is 13.8 Å². The molecule has 0 spiro atoms. The van der Waals surface area contributed by atoms with E-state index in [9.17, 15) is 9.18 Å². The minimum absolute atomic E-state index is 0.274. The Labute approximate surface area is 115 Å². The highest BCUT2D eigenvalue weighted by molar-refractivity contribution is 5.83. The van der Waals surface area contributed by atoms with Crippen LogP contribution >= 0.6 is 0 Å². The van der Waals surface area contributed by atoms with Gasteiger partial charge >= 0.3 is 6.03 Å². The van der Waals surface area contributed by atoms with Crippen molar-refractivity contribution in [1.82, 2.24) is 9.99 Å². The molecular weight excluding hydrogens is 259 g/mol. The lowest BCUT2D eigenvalue weighted by atomic mass is 10.2. The first-order valence-electron chi connectivity index (χ1n) is 6.02. The van der Waals surface area contributed by atoms with E-state index in [-0.39, 0.29) is 5.82 Å². The molecule has 2 amide bonds. The van der Waals surface area contributed by atoms with Crippen molar-refractivity contribution < 1.29 is 9.18 Å². The van der Waals surface area contributed by atoms with Crippen LogP contribution in [-0.4, -0.2) is 16.8 Å². The fourth-order valence-corrected chi connectivity index (χ4v) is 2.07. The fourth-order valence-electron chi connectivity index (χ4n) is 2.07. The summed E-state index contributed by atoms with van der Waals surface area (Å²) in [5.74, 6) is -0.274. The van der Waals surface area contributed by atoms with Gasteiger partial charge in [0.2, 0.25) is 0 Å².